The van der Waals surface area contributed by atoms with E-state index in [-0.39, 0.29) is 0 Å². The fraction of sp³-hybridized carbons (Fsp3) is 0.375. The van der Waals surface area contributed by atoms with Crippen molar-refractivity contribution in [3.8, 4) is 11.4 Å². The van der Waals surface area contributed by atoms with Gasteiger partial charge in [0, 0.05) is 23.4 Å². The van der Waals surface area contributed by atoms with E-state index in [9.17, 15) is 0 Å². The number of anilines is 1. The summed E-state index contributed by atoms with van der Waals surface area (Å²) in [5.74, 6) is 1.82. The highest BCUT2D eigenvalue weighted by atomic mass is 15.0. The van der Waals surface area contributed by atoms with Gasteiger partial charge in [0.1, 0.15) is 5.82 Å². The van der Waals surface area contributed by atoms with Crippen molar-refractivity contribution >= 4 is 5.82 Å². The highest BCUT2D eigenvalue weighted by molar-refractivity contribution is 5.60. The Morgan fingerprint density at radius 1 is 1.10 bits per heavy atom. The highest BCUT2D eigenvalue weighted by Crippen LogP contribution is 2.29. The molecule has 1 aliphatic carbocycles. The summed E-state index contributed by atoms with van der Waals surface area (Å²) >= 11 is 0. The van der Waals surface area contributed by atoms with Gasteiger partial charge < -0.3 is 11.1 Å². The molecule has 0 bridgehead atoms. The molecule has 0 radical (unpaired) electrons. The molecule has 3 N–H and O–H groups in total. The molecule has 0 saturated heterocycles. The van der Waals surface area contributed by atoms with Crippen LogP contribution in [0.4, 0.5) is 5.82 Å². The van der Waals surface area contributed by atoms with Gasteiger partial charge in [-0.2, -0.15) is 0 Å². The molecule has 1 aromatic carbocycles. The summed E-state index contributed by atoms with van der Waals surface area (Å²) in [6, 6.07) is 10.2. The van der Waals surface area contributed by atoms with E-state index in [1.165, 1.54) is 17.7 Å². The average Bonchev–Trinajstić information content (AvgIpc) is 2.97. The summed E-state index contributed by atoms with van der Waals surface area (Å²) in [4.78, 5) is 9.46. The van der Waals surface area contributed by atoms with Crippen molar-refractivity contribution in [2.75, 3.05) is 18.4 Å². The number of hydrogen-bond donors (Lipinski definition) is 2. The zero-order chi connectivity index (χ0) is 13.8. The summed E-state index contributed by atoms with van der Waals surface area (Å²) in [5.41, 5.74) is 9.12. The van der Waals surface area contributed by atoms with Crippen LogP contribution in [0.25, 0.3) is 11.4 Å². The second kappa shape index (κ2) is 6.01. The molecule has 4 nitrogen and oxygen atoms in total. The first kappa shape index (κ1) is 13.1. The molecule has 20 heavy (non-hydrogen) atoms. The molecule has 0 amide bonds. The Kier molecular flexibility index (Phi) is 3.92. The summed E-state index contributed by atoms with van der Waals surface area (Å²) in [5, 5.41) is 3.42. The molecule has 2 aromatic rings. The maximum Gasteiger partial charge on any atom is 0.161 e. The first-order valence-electron chi connectivity index (χ1n) is 7.27. The van der Waals surface area contributed by atoms with Crippen LogP contribution in [0, 0.1) is 0 Å². The topological polar surface area (TPSA) is 63.8 Å². The van der Waals surface area contributed by atoms with Crippen molar-refractivity contribution in [2.24, 2.45) is 5.73 Å². The zero-order valence-electron chi connectivity index (χ0n) is 11.6. The van der Waals surface area contributed by atoms with E-state index in [0.717, 1.165) is 43.0 Å². The van der Waals surface area contributed by atoms with Crippen LogP contribution in [0.1, 0.15) is 24.1 Å². The van der Waals surface area contributed by atoms with Gasteiger partial charge in [-0.25, -0.2) is 9.97 Å². The molecule has 0 atom stereocenters. The van der Waals surface area contributed by atoms with E-state index in [4.69, 9.17) is 15.7 Å². The van der Waals surface area contributed by atoms with E-state index < -0.39 is 0 Å². The molecule has 4 heteroatoms. The van der Waals surface area contributed by atoms with Crippen molar-refractivity contribution in [3.63, 3.8) is 0 Å². The average molecular weight is 268 g/mol. The van der Waals surface area contributed by atoms with E-state index in [1.807, 2.05) is 18.2 Å². The maximum absolute atomic E-state index is 5.55. The lowest BCUT2D eigenvalue weighted by molar-refractivity contribution is 0.865. The van der Waals surface area contributed by atoms with Crippen LogP contribution < -0.4 is 11.1 Å². The maximum atomic E-state index is 5.55. The SMILES string of the molecule is NCCCNc1nc(-c2ccccc2)nc2c1CCC2. The van der Waals surface area contributed by atoms with Gasteiger partial charge in [0.25, 0.3) is 0 Å². The minimum absolute atomic E-state index is 0.700. The van der Waals surface area contributed by atoms with Gasteiger partial charge in [-0.3, -0.25) is 0 Å². The number of aromatic nitrogens is 2. The van der Waals surface area contributed by atoms with Gasteiger partial charge in [-0.1, -0.05) is 30.3 Å². The van der Waals surface area contributed by atoms with Gasteiger partial charge in [-0.05, 0) is 32.2 Å². The number of benzene rings is 1. The molecule has 104 valence electrons. The first-order valence-corrected chi connectivity index (χ1v) is 7.27. The van der Waals surface area contributed by atoms with Crippen molar-refractivity contribution in [1.82, 2.24) is 9.97 Å². The molecule has 0 aliphatic heterocycles. The molecule has 1 aliphatic rings. The Bertz CT molecular complexity index is 581. The number of nitrogens with one attached hydrogen (secondary N) is 1. The number of aryl methyl sites for hydroxylation is 1. The second-order valence-electron chi connectivity index (χ2n) is 5.11. The number of hydrogen-bond acceptors (Lipinski definition) is 4. The van der Waals surface area contributed by atoms with Crippen LogP contribution in [-0.2, 0) is 12.8 Å². The minimum atomic E-state index is 0.700. The fourth-order valence-electron chi connectivity index (χ4n) is 2.60. The fourth-order valence-corrected chi connectivity index (χ4v) is 2.60. The molecule has 0 fully saturated rings. The summed E-state index contributed by atoms with van der Waals surface area (Å²) in [6.07, 6.45) is 4.27. The first-order chi connectivity index (χ1) is 9.88. The molecule has 1 heterocycles. The lowest BCUT2D eigenvalue weighted by Crippen LogP contribution is -2.12. The smallest absolute Gasteiger partial charge is 0.161 e. The largest absolute Gasteiger partial charge is 0.370 e. The van der Waals surface area contributed by atoms with E-state index in [0.29, 0.717) is 6.54 Å². The van der Waals surface area contributed by atoms with Crippen molar-refractivity contribution < 1.29 is 0 Å². The Morgan fingerprint density at radius 3 is 2.75 bits per heavy atom. The van der Waals surface area contributed by atoms with Crippen molar-refractivity contribution in [3.05, 3.63) is 41.6 Å². The summed E-state index contributed by atoms with van der Waals surface area (Å²) in [6.45, 7) is 1.57. The third-order valence-corrected chi connectivity index (χ3v) is 3.64. The number of nitrogens with zero attached hydrogens (tertiary/aromatic N) is 2. The minimum Gasteiger partial charge on any atom is -0.370 e. The summed E-state index contributed by atoms with van der Waals surface area (Å²) in [7, 11) is 0. The van der Waals surface area contributed by atoms with Crippen molar-refractivity contribution in [1.29, 1.82) is 0 Å². The van der Waals surface area contributed by atoms with E-state index in [2.05, 4.69) is 17.4 Å². The normalized spacial score (nSPS) is 13.2. The molecular formula is C16H20N4. The Labute approximate surface area is 119 Å². The Morgan fingerprint density at radius 2 is 1.95 bits per heavy atom. The number of nitrogens with two attached hydrogens (primary N) is 1. The lowest BCUT2D eigenvalue weighted by atomic mass is 10.2. The highest BCUT2D eigenvalue weighted by Gasteiger charge is 2.19. The predicted molar refractivity (Wildman–Crippen MR) is 81.7 cm³/mol. The molecule has 3 rings (SSSR count). The Balaban J connectivity index is 1.94. The molecular weight excluding hydrogens is 248 g/mol. The number of rotatable bonds is 5. The standard InChI is InChI=1S/C16H20N4/c17-10-5-11-18-16-13-8-4-9-14(13)19-15(20-16)12-6-2-1-3-7-12/h1-3,6-7H,4-5,8-11,17H2,(H,18,19,20). The molecule has 1 aromatic heterocycles. The lowest BCUT2D eigenvalue weighted by Gasteiger charge is -2.12. The van der Waals surface area contributed by atoms with Crippen LogP contribution in [0.3, 0.4) is 0 Å². The molecule has 0 spiro atoms. The molecule has 0 unspecified atom stereocenters. The van der Waals surface area contributed by atoms with Crippen molar-refractivity contribution in [2.45, 2.75) is 25.7 Å². The second-order valence-corrected chi connectivity index (χ2v) is 5.11. The van der Waals surface area contributed by atoms with Crippen LogP contribution >= 0.6 is 0 Å². The monoisotopic (exact) mass is 268 g/mol. The van der Waals surface area contributed by atoms with Gasteiger partial charge >= 0.3 is 0 Å². The van der Waals surface area contributed by atoms with Crippen LogP contribution in [0.2, 0.25) is 0 Å². The van der Waals surface area contributed by atoms with Crippen LogP contribution in [-0.4, -0.2) is 23.1 Å². The quantitative estimate of drug-likeness (QED) is 0.817. The zero-order valence-corrected chi connectivity index (χ0v) is 11.6. The van der Waals surface area contributed by atoms with E-state index >= 15 is 0 Å². The van der Waals surface area contributed by atoms with Gasteiger partial charge in [0.2, 0.25) is 0 Å². The van der Waals surface area contributed by atoms with Gasteiger partial charge in [0.15, 0.2) is 5.82 Å². The molecule has 0 saturated carbocycles. The third kappa shape index (κ3) is 2.65. The number of fused-ring (bicyclic) bond motifs is 1. The van der Waals surface area contributed by atoms with Gasteiger partial charge in [0.05, 0.1) is 0 Å². The Hall–Kier alpha value is -1.94. The van der Waals surface area contributed by atoms with Crippen LogP contribution in [0.5, 0.6) is 0 Å². The van der Waals surface area contributed by atoms with E-state index in [1.54, 1.807) is 0 Å². The summed E-state index contributed by atoms with van der Waals surface area (Å²) < 4.78 is 0. The third-order valence-electron chi connectivity index (χ3n) is 3.64. The van der Waals surface area contributed by atoms with Crippen LogP contribution in [0.15, 0.2) is 30.3 Å². The van der Waals surface area contributed by atoms with Gasteiger partial charge in [-0.15, -0.1) is 0 Å². The predicted octanol–water partition coefficient (Wildman–Crippen LogP) is 2.39.